The van der Waals surface area contributed by atoms with Gasteiger partial charge in [-0.2, -0.15) is 4.99 Å². The molecule has 0 amide bonds. The van der Waals surface area contributed by atoms with E-state index in [0.29, 0.717) is 11.9 Å². The van der Waals surface area contributed by atoms with E-state index in [0.717, 1.165) is 6.42 Å². The predicted molar refractivity (Wildman–Crippen MR) is 43.0 cm³/mol. The van der Waals surface area contributed by atoms with Crippen molar-refractivity contribution in [3.05, 3.63) is 0 Å². The maximum absolute atomic E-state index is 4.98. The molecule has 0 aromatic heterocycles. The first kappa shape index (κ1) is 8.04. The molecule has 0 saturated carbocycles. The van der Waals surface area contributed by atoms with Crippen LogP contribution in [0.1, 0.15) is 13.3 Å². The van der Waals surface area contributed by atoms with Crippen LogP contribution in [0.5, 0.6) is 0 Å². The molecule has 4 nitrogen and oxygen atoms in total. The third-order valence-electron chi connectivity index (χ3n) is 1.44. The third kappa shape index (κ3) is 1.93. The molecule has 0 bridgehead atoms. The number of methoxy groups -OCH3 is 2. The maximum atomic E-state index is 4.98. The molecule has 11 heavy (non-hydrogen) atoms. The molecule has 1 atom stereocenters. The van der Waals surface area contributed by atoms with E-state index in [1.807, 2.05) is 6.92 Å². The van der Waals surface area contributed by atoms with E-state index in [-0.39, 0.29) is 6.04 Å². The van der Waals surface area contributed by atoms with Gasteiger partial charge >= 0.3 is 6.02 Å². The van der Waals surface area contributed by atoms with Crippen molar-refractivity contribution in [2.24, 2.45) is 9.98 Å². The molecule has 0 aromatic carbocycles. The summed E-state index contributed by atoms with van der Waals surface area (Å²) >= 11 is 0. The second-order valence-electron chi connectivity index (χ2n) is 2.38. The minimum atomic E-state index is 0.206. The molecule has 62 valence electrons. The fourth-order valence-electron chi connectivity index (χ4n) is 0.895. The molecule has 0 N–H and O–H groups in total. The summed E-state index contributed by atoms with van der Waals surface area (Å²) in [4.78, 5) is 8.12. The molecule has 4 heteroatoms. The average Bonchev–Trinajstić information content (AvgIpc) is 2.03. The first-order valence-electron chi connectivity index (χ1n) is 3.49. The van der Waals surface area contributed by atoms with Gasteiger partial charge in [0.05, 0.1) is 20.3 Å². The van der Waals surface area contributed by atoms with Gasteiger partial charge in [-0.05, 0) is 6.92 Å². The zero-order chi connectivity index (χ0) is 8.27. The summed E-state index contributed by atoms with van der Waals surface area (Å²) in [6, 6.07) is 0.609. The van der Waals surface area contributed by atoms with E-state index < -0.39 is 0 Å². The number of amidine groups is 1. The van der Waals surface area contributed by atoms with Crippen molar-refractivity contribution >= 4 is 11.9 Å². The molecular formula is C7H12N2O2. The lowest BCUT2D eigenvalue weighted by molar-refractivity contribution is 0.360. The molecule has 0 aliphatic carbocycles. The first-order valence-corrected chi connectivity index (χ1v) is 3.49. The largest absolute Gasteiger partial charge is 0.484 e. The highest BCUT2D eigenvalue weighted by Crippen LogP contribution is 2.07. The second kappa shape index (κ2) is 3.37. The number of nitrogens with zero attached hydrogens (tertiary/aromatic N) is 2. The summed E-state index contributed by atoms with van der Waals surface area (Å²) in [5.74, 6) is 0.685. The maximum Gasteiger partial charge on any atom is 0.314 e. The van der Waals surface area contributed by atoms with Gasteiger partial charge in [0.2, 0.25) is 0 Å². The van der Waals surface area contributed by atoms with Crippen LogP contribution in [0.2, 0.25) is 0 Å². The molecule has 1 aliphatic heterocycles. The Balaban J connectivity index is 2.71. The van der Waals surface area contributed by atoms with E-state index in [4.69, 9.17) is 9.47 Å². The van der Waals surface area contributed by atoms with Crippen LogP contribution < -0.4 is 0 Å². The molecule has 1 rings (SSSR count). The summed E-state index contributed by atoms with van der Waals surface area (Å²) in [6.45, 7) is 1.99. The van der Waals surface area contributed by atoms with E-state index in [1.165, 1.54) is 0 Å². The Morgan fingerprint density at radius 3 is 2.64 bits per heavy atom. The van der Waals surface area contributed by atoms with Gasteiger partial charge < -0.3 is 9.47 Å². The van der Waals surface area contributed by atoms with Gasteiger partial charge in [-0.15, -0.1) is 0 Å². The Labute approximate surface area is 65.9 Å². The standard InChI is InChI=1S/C7H12N2O2/c1-5-4-6(10-2)9-7(8-5)11-3/h5H,4H2,1-3H3. The van der Waals surface area contributed by atoms with Crippen molar-refractivity contribution in [1.29, 1.82) is 0 Å². The zero-order valence-electron chi connectivity index (χ0n) is 7.00. The van der Waals surface area contributed by atoms with Crippen LogP contribution in [0, 0.1) is 0 Å². The van der Waals surface area contributed by atoms with E-state index in [2.05, 4.69) is 9.98 Å². The number of hydrogen-bond acceptors (Lipinski definition) is 4. The number of rotatable bonds is 0. The quantitative estimate of drug-likeness (QED) is 0.521. The average molecular weight is 156 g/mol. The Kier molecular flexibility index (Phi) is 2.46. The second-order valence-corrected chi connectivity index (χ2v) is 2.38. The molecule has 0 saturated heterocycles. The molecular weight excluding hydrogens is 144 g/mol. The van der Waals surface area contributed by atoms with Crippen LogP contribution >= 0.6 is 0 Å². The lowest BCUT2D eigenvalue weighted by Crippen LogP contribution is -2.19. The van der Waals surface area contributed by atoms with Gasteiger partial charge in [-0.25, -0.2) is 4.99 Å². The fraction of sp³-hybridized carbons (Fsp3) is 0.714. The molecule has 0 radical (unpaired) electrons. The summed E-state index contributed by atoms with van der Waals surface area (Å²) in [6.07, 6.45) is 0.753. The Hall–Kier alpha value is -1.06. The first-order chi connectivity index (χ1) is 5.26. The molecule has 0 aromatic rings. The lowest BCUT2D eigenvalue weighted by Gasteiger charge is -2.14. The van der Waals surface area contributed by atoms with Crippen LogP contribution in [0.15, 0.2) is 9.98 Å². The zero-order valence-corrected chi connectivity index (χ0v) is 7.00. The van der Waals surface area contributed by atoms with Gasteiger partial charge in [0.1, 0.15) is 0 Å². The van der Waals surface area contributed by atoms with Crippen molar-refractivity contribution in [3.63, 3.8) is 0 Å². The van der Waals surface area contributed by atoms with Gasteiger partial charge in [0.15, 0.2) is 5.90 Å². The van der Waals surface area contributed by atoms with Crippen molar-refractivity contribution < 1.29 is 9.47 Å². The molecule has 1 aliphatic rings. The summed E-state index contributed by atoms with van der Waals surface area (Å²) in [5.41, 5.74) is 0. The highest BCUT2D eigenvalue weighted by atomic mass is 16.5. The number of ether oxygens (including phenoxy) is 2. The van der Waals surface area contributed by atoms with Gasteiger partial charge in [0.25, 0.3) is 0 Å². The number of hydrogen-bond donors (Lipinski definition) is 0. The van der Waals surface area contributed by atoms with Crippen molar-refractivity contribution in [1.82, 2.24) is 0 Å². The Morgan fingerprint density at radius 1 is 1.36 bits per heavy atom. The van der Waals surface area contributed by atoms with E-state index in [9.17, 15) is 0 Å². The molecule has 1 unspecified atom stereocenters. The van der Waals surface area contributed by atoms with Crippen molar-refractivity contribution in [2.75, 3.05) is 14.2 Å². The van der Waals surface area contributed by atoms with Gasteiger partial charge in [0, 0.05) is 6.42 Å². The van der Waals surface area contributed by atoms with E-state index in [1.54, 1.807) is 14.2 Å². The van der Waals surface area contributed by atoms with Gasteiger partial charge in [-0.1, -0.05) is 0 Å². The number of aliphatic imine (C=N–C) groups is 2. The SMILES string of the molecule is COC1=NC(OC)=NC(C)C1. The highest BCUT2D eigenvalue weighted by Gasteiger charge is 2.14. The highest BCUT2D eigenvalue weighted by molar-refractivity contribution is 5.92. The molecule has 0 spiro atoms. The molecule has 0 fully saturated rings. The smallest absolute Gasteiger partial charge is 0.314 e. The fourth-order valence-corrected chi connectivity index (χ4v) is 0.895. The Morgan fingerprint density at radius 2 is 2.09 bits per heavy atom. The van der Waals surface area contributed by atoms with Crippen LogP contribution in [0.25, 0.3) is 0 Å². The molecule has 1 heterocycles. The van der Waals surface area contributed by atoms with Crippen molar-refractivity contribution in [2.45, 2.75) is 19.4 Å². The normalized spacial score (nSPS) is 23.7. The summed E-state index contributed by atoms with van der Waals surface area (Å²) in [5, 5.41) is 0. The van der Waals surface area contributed by atoms with Crippen LogP contribution in [0.3, 0.4) is 0 Å². The third-order valence-corrected chi connectivity index (χ3v) is 1.44. The van der Waals surface area contributed by atoms with Crippen LogP contribution in [-0.2, 0) is 9.47 Å². The van der Waals surface area contributed by atoms with E-state index >= 15 is 0 Å². The summed E-state index contributed by atoms with van der Waals surface area (Å²) in [7, 11) is 3.15. The van der Waals surface area contributed by atoms with Crippen molar-refractivity contribution in [3.8, 4) is 0 Å². The lowest BCUT2D eigenvalue weighted by atomic mass is 10.2. The Bertz CT molecular complexity index is 199. The topological polar surface area (TPSA) is 43.2 Å². The minimum absolute atomic E-state index is 0.206. The predicted octanol–water partition coefficient (Wildman–Crippen LogP) is 0.826. The van der Waals surface area contributed by atoms with Crippen LogP contribution in [-0.4, -0.2) is 32.2 Å². The minimum Gasteiger partial charge on any atom is -0.484 e. The summed E-state index contributed by atoms with van der Waals surface area (Å²) < 4.78 is 9.86. The monoisotopic (exact) mass is 156 g/mol. The van der Waals surface area contributed by atoms with Gasteiger partial charge in [-0.3, -0.25) is 0 Å². The van der Waals surface area contributed by atoms with Crippen LogP contribution in [0.4, 0.5) is 0 Å².